The fourth-order valence-corrected chi connectivity index (χ4v) is 2.66. The summed E-state index contributed by atoms with van der Waals surface area (Å²) in [5, 5.41) is 5.25. The van der Waals surface area contributed by atoms with E-state index in [1.807, 2.05) is 0 Å². The summed E-state index contributed by atoms with van der Waals surface area (Å²) < 4.78 is 1.23. The van der Waals surface area contributed by atoms with E-state index in [1.54, 1.807) is 0 Å². The first-order chi connectivity index (χ1) is 7.36. The molecule has 0 fully saturated rings. The Morgan fingerprint density at radius 2 is 1.27 bits per heavy atom. The van der Waals surface area contributed by atoms with Crippen LogP contribution in [0, 0.1) is 0 Å². The van der Waals surface area contributed by atoms with Gasteiger partial charge in [0.05, 0.1) is 0 Å². The maximum absolute atomic E-state index is 3.14. The summed E-state index contributed by atoms with van der Waals surface area (Å²) in [5.41, 5.74) is 0. The molecule has 0 nitrogen and oxygen atoms in total. The minimum absolute atomic E-state index is 1.23. The van der Waals surface area contributed by atoms with Crippen molar-refractivity contribution in [2.24, 2.45) is 0 Å². The number of hydrogen-bond donors (Lipinski definition) is 0. The zero-order valence-electron chi connectivity index (χ0n) is 8.10. The van der Waals surface area contributed by atoms with Crippen LogP contribution in [0.25, 0.3) is 21.5 Å². The van der Waals surface area contributed by atoms with Gasteiger partial charge in [0.15, 0.2) is 0 Å². The molecule has 15 heavy (non-hydrogen) atoms. The Hall–Kier alpha value is -1.30. The first kappa shape index (κ1) is 8.96. The molecule has 0 saturated carbocycles. The van der Waals surface area contributed by atoms with Crippen molar-refractivity contribution in [1.29, 1.82) is 0 Å². The Kier molecular flexibility index (Phi) is 2.02. The van der Waals surface area contributed by atoms with E-state index in [0.29, 0.717) is 0 Å². The fraction of sp³-hybridized carbons (Fsp3) is 0. The van der Waals surface area contributed by atoms with Crippen molar-refractivity contribution >= 4 is 42.0 Å². The van der Waals surface area contributed by atoms with Crippen molar-refractivity contribution in [3.63, 3.8) is 0 Å². The van der Waals surface area contributed by atoms with E-state index in [1.165, 1.54) is 26.0 Å². The van der Waals surface area contributed by atoms with E-state index in [2.05, 4.69) is 70.6 Å². The molecule has 71 valence electrons. The Balaban J connectivity index is 2.64. The third-order valence-corrected chi connectivity index (χ3v) is 3.44. The van der Waals surface area contributed by atoms with E-state index in [-0.39, 0.29) is 0 Å². The maximum atomic E-state index is 3.14. The van der Waals surface area contributed by atoms with Gasteiger partial charge in [-0.3, -0.25) is 0 Å². The molecular formula is C14H9Se. The minimum atomic E-state index is 1.23. The van der Waals surface area contributed by atoms with Crippen LogP contribution in [0.5, 0.6) is 0 Å². The molecule has 0 bridgehead atoms. The second-order valence-electron chi connectivity index (χ2n) is 3.64. The average Bonchev–Trinajstić information content (AvgIpc) is 2.30. The normalized spacial score (nSPS) is 10.9. The summed E-state index contributed by atoms with van der Waals surface area (Å²) >= 11 is 3.14. The van der Waals surface area contributed by atoms with Gasteiger partial charge in [0.2, 0.25) is 0 Å². The number of rotatable bonds is 0. The summed E-state index contributed by atoms with van der Waals surface area (Å²) in [6.07, 6.45) is 0. The van der Waals surface area contributed by atoms with Crippen LogP contribution in [0.2, 0.25) is 0 Å². The third kappa shape index (κ3) is 1.36. The van der Waals surface area contributed by atoms with Crippen molar-refractivity contribution in [2.45, 2.75) is 0 Å². The summed E-state index contributed by atoms with van der Waals surface area (Å²) in [6.45, 7) is 0. The Labute approximate surface area is 96.7 Å². The Bertz CT molecular complexity index is 641. The van der Waals surface area contributed by atoms with Gasteiger partial charge < -0.3 is 0 Å². The van der Waals surface area contributed by atoms with Crippen molar-refractivity contribution < 1.29 is 0 Å². The van der Waals surface area contributed by atoms with Crippen molar-refractivity contribution in [3.8, 4) is 0 Å². The summed E-state index contributed by atoms with van der Waals surface area (Å²) in [7, 11) is 0. The molecule has 3 rings (SSSR count). The predicted octanol–water partition coefficient (Wildman–Crippen LogP) is 2.79. The van der Waals surface area contributed by atoms with Crippen molar-refractivity contribution in [3.05, 3.63) is 54.6 Å². The monoisotopic (exact) mass is 257 g/mol. The number of benzene rings is 3. The SMILES string of the molecule is [Se]c1cc2ccccc2c2ccccc12. The molecule has 3 aromatic carbocycles. The van der Waals surface area contributed by atoms with Gasteiger partial charge in [-0.15, -0.1) is 0 Å². The molecule has 0 unspecified atom stereocenters. The molecule has 0 N–H and O–H groups in total. The van der Waals surface area contributed by atoms with E-state index in [9.17, 15) is 0 Å². The van der Waals surface area contributed by atoms with Crippen LogP contribution >= 0.6 is 0 Å². The topological polar surface area (TPSA) is 0 Å². The van der Waals surface area contributed by atoms with Crippen LogP contribution in [0.4, 0.5) is 0 Å². The molecule has 0 saturated heterocycles. The Morgan fingerprint density at radius 1 is 0.667 bits per heavy atom. The van der Waals surface area contributed by atoms with Crippen LogP contribution in [-0.4, -0.2) is 16.0 Å². The molecule has 0 aliphatic rings. The van der Waals surface area contributed by atoms with Gasteiger partial charge in [0, 0.05) is 0 Å². The molecule has 0 aliphatic heterocycles. The van der Waals surface area contributed by atoms with E-state index < -0.39 is 0 Å². The summed E-state index contributed by atoms with van der Waals surface area (Å²) in [6, 6.07) is 19.2. The van der Waals surface area contributed by atoms with Gasteiger partial charge in [0.25, 0.3) is 0 Å². The molecule has 0 aliphatic carbocycles. The van der Waals surface area contributed by atoms with Crippen molar-refractivity contribution in [1.82, 2.24) is 0 Å². The molecule has 0 heterocycles. The first-order valence-corrected chi connectivity index (χ1v) is 5.79. The van der Waals surface area contributed by atoms with E-state index in [0.717, 1.165) is 0 Å². The molecular weight excluding hydrogens is 247 g/mol. The van der Waals surface area contributed by atoms with Gasteiger partial charge in [-0.05, 0) is 0 Å². The fourth-order valence-electron chi connectivity index (χ4n) is 2.02. The van der Waals surface area contributed by atoms with Gasteiger partial charge in [-0.25, -0.2) is 0 Å². The van der Waals surface area contributed by atoms with E-state index >= 15 is 0 Å². The molecule has 3 aromatic rings. The first-order valence-electron chi connectivity index (χ1n) is 4.94. The molecule has 1 heteroatoms. The van der Waals surface area contributed by atoms with Gasteiger partial charge in [0.1, 0.15) is 0 Å². The zero-order chi connectivity index (χ0) is 10.3. The predicted molar refractivity (Wildman–Crippen MR) is 66.8 cm³/mol. The molecule has 0 spiro atoms. The zero-order valence-corrected chi connectivity index (χ0v) is 9.82. The van der Waals surface area contributed by atoms with Crippen LogP contribution in [0.1, 0.15) is 0 Å². The van der Waals surface area contributed by atoms with Crippen LogP contribution in [0.3, 0.4) is 0 Å². The molecule has 0 amide bonds. The number of hydrogen-bond acceptors (Lipinski definition) is 0. The second kappa shape index (κ2) is 3.37. The number of fused-ring (bicyclic) bond motifs is 3. The van der Waals surface area contributed by atoms with Crippen LogP contribution in [0.15, 0.2) is 54.6 Å². The van der Waals surface area contributed by atoms with Crippen molar-refractivity contribution in [2.75, 3.05) is 0 Å². The summed E-state index contributed by atoms with van der Waals surface area (Å²) in [5.74, 6) is 0. The molecule has 0 atom stereocenters. The standard InChI is InChI=1S/C14H9Se/c15-14-9-10-5-1-2-6-11(10)12-7-3-4-8-13(12)14/h1-9H. The van der Waals surface area contributed by atoms with Crippen LogP contribution in [-0.2, 0) is 0 Å². The molecule has 0 aromatic heterocycles. The average molecular weight is 256 g/mol. The van der Waals surface area contributed by atoms with E-state index in [4.69, 9.17) is 0 Å². The third-order valence-electron chi connectivity index (χ3n) is 2.73. The van der Waals surface area contributed by atoms with Gasteiger partial charge in [-0.1, -0.05) is 0 Å². The summed E-state index contributed by atoms with van der Waals surface area (Å²) in [4.78, 5) is 0. The van der Waals surface area contributed by atoms with Gasteiger partial charge in [-0.2, -0.15) is 0 Å². The quantitative estimate of drug-likeness (QED) is 0.428. The Morgan fingerprint density at radius 3 is 2.07 bits per heavy atom. The molecule has 1 radical (unpaired) electrons. The second-order valence-corrected chi connectivity index (χ2v) is 4.56. The van der Waals surface area contributed by atoms with Crippen LogP contribution < -0.4 is 4.46 Å². The van der Waals surface area contributed by atoms with Gasteiger partial charge >= 0.3 is 96.6 Å².